The minimum atomic E-state index is -0.617. The molecule has 0 aliphatic heterocycles. The maximum absolute atomic E-state index is 14.4. The van der Waals surface area contributed by atoms with Crippen LogP contribution in [0, 0.1) is 17.6 Å². The van der Waals surface area contributed by atoms with E-state index in [0.29, 0.717) is 28.9 Å². The Balaban J connectivity index is 2.07. The second-order valence-electron chi connectivity index (χ2n) is 7.68. The van der Waals surface area contributed by atoms with Crippen LogP contribution in [0.5, 0.6) is 0 Å². The van der Waals surface area contributed by atoms with Crippen LogP contribution in [0.25, 0.3) is 5.76 Å². The molecule has 31 heavy (non-hydrogen) atoms. The monoisotopic (exact) mass is 429 g/mol. The number of oxime groups is 1. The number of hydrogen-bond donors (Lipinski definition) is 2. The SMILES string of the molecule is CNC(=O)C(=NOC)c1ccccc1C(ON)=C(C)C1CC1(C)c1ccc(F)cc1F. The van der Waals surface area contributed by atoms with Crippen LogP contribution in [-0.4, -0.2) is 25.8 Å². The fraction of sp³-hybridized carbons (Fsp3) is 0.304. The van der Waals surface area contributed by atoms with E-state index < -0.39 is 23.0 Å². The summed E-state index contributed by atoms with van der Waals surface area (Å²) in [6.07, 6.45) is 0.644. The highest BCUT2D eigenvalue weighted by atomic mass is 19.1. The molecule has 1 fully saturated rings. The van der Waals surface area contributed by atoms with Crippen molar-refractivity contribution in [1.29, 1.82) is 0 Å². The van der Waals surface area contributed by atoms with Crippen LogP contribution in [0.15, 0.2) is 53.2 Å². The van der Waals surface area contributed by atoms with Gasteiger partial charge in [0.15, 0.2) is 11.5 Å². The molecule has 8 heteroatoms. The molecule has 0 spiro atoms. The molecular formula is C23H25F2N3O3. The number of carbonyl (C=O) groups excluding carboxylic acids is 1. The number of hydrogen-bond acceptors (Lipinski definition) is 5. The molecule has 0 saturated heterocycles. The zero-order chi connectivity index (χ0) is 22.8. The Kier molecular flexibility index (Phi) is 6.40. The number of nitrogens with one attached hydrogen (secondary N) is 1. The molecule has 0 aromatic heterocycles. The van der Waals surface area contributed by atoms with Crippen LogP contribution in [0.3, 0.4) is 0 Å². The Labute approximate surface area is 179 Å². The van der Waals surface area contributed by atoms with Crippen molar-refractivity contribution >= 4 is 17.4 Å². The fourth-order valence-corrected chi connectivity index (χ4v) is 4.08. The Morgan fingerprint density at radius 1 is 1.23 bits per heavy atom. The van der Waals surface area contributed by atoms with Crippen LogP contribution in [0.1, 0.15) is 37.0 Å². The smallest absolute Gasteiger partial charge is 0.273 e. The summed E-state index contributed by atoms with van der Waals surface area (Å²) in [5.74, 6) is 4.29. The lowest BCUT2D eigenvalue weighted by molar-refractivity contribution is -0.114. The number of nitrogens with zero attached hydrogens (tertiary/aromatic N) is 1. The van der Waals surface area contributed by atoms with E-state index in [4.69, 9.17) is 15.6 Å². The molecule has 1 aliphatic carbocycles. The van der Waals surface area contributed by atoms with E-state index in [-0.39, 0.29) is 11.6 Å². The Bertz CT molecular complexity index is 1070. The van der Waals surface area contributed by atoms with Crippen molar-refractivity contribution in [2.45, 2.75) is 25.7 Å². The summed E-state index contributed by atoms with van der Waals surface area (Å²) >= 11 is 0. The zero-order valence-electron chi connectivity index (χ0n) is 17.8. The normalized spacial score (nSPS) is 21.3. The summed E-state index contributed by atoms with van der Waals surface area (Å²) in [4.78, 5) is 22.5. The quantitative estimate of drug-likeness (QED) is 0.400. The fourth-order valence-electron chi connectivity index (χ4n) is 4.08. The first-order valence-corrected chi connectivity index (χ1v) is 9.74. The topological polar surface area (TPSA) is 85.9 Å². The van der Waals surface area contributed by atoms with Crippen LogP contribution >= 0.6 is 0 Å². The average molecular weight is 429 g/mol. The first-order chi connectivity index (χ1) is 14.8. The second-order valence-corrected chi connectivity index (χ2v) is 7.68. The lowest BCUT2D eigenvalue weighted by Crippen LogP contribution is -2.29. The summed E-state index contributed by atoms with van der Waals surface area (Å²) in [5.41, 5.74) is 1.79. The summed E-state index contributed by atoms with van der Waals surface area (Å²) in [6, 6.07) is 10.6. The molecule has 3 rings (SSSR count). The van der Waals surface area contributed by atoms with Gasteiger partial charge in [0.05, 0.1) is 0 Å². The third kappa shape index (κ3) is 4.16. The third-order valence-electron chi connectivity index (χ3n) is 5.83. The molecule has 1 saturated carbocycles. The van der Waals surface area contributed by atoms with Crippen molar-refractivity contribution in [2.24, 2.45) is 17.0 Å². The van der Waals surface area contributed by atoms with Crippen molar-refractivity contribution in [3.63, 3.8) is 0 Å². The molecule has 1 amide bonds. The van der Waals surface area contributed by atoms with Crippen LogP contribution < -0.4 is 11.2 Å². The van der Waals surface area contributed by atoms with Gasteiger partial charge in [0.1, 0.15) is 18.7 Å². The van der Waals surface area contributed by atoms with Gasteiger partial charge in [-0.1, -0.05) is 42.4 Å². The van der Waals surface area contributed by atoms with E-state index in [0.717, 1.165) is 11.6 Å². The Hall–Kier alpha value is -3.26. The molecule has 2 aromatic carbocycles. The van der Waals surface area contributed by atoms with Crippen LogP contribution in [-0.2, 0) is 19.9 Å². The molecule has 164 valence electrons. The molecular weight excluding hydrogens is 404 g/mol. The predicted molar refractivity (Wildman–Crippen MR) is 114 cm³/mol. The van der Waals surface area contributed by atoms with E-state index in [1.807, 2.05) is 13.8 Å². The van der Waals surface area contributed by atoms with Crippen LogP contribution in [0.4, 0.5) is 8.78 Å². The summed E-state index contributed by atoms with van der Waals surface area (Å²) in [7, 11) is 2.84. The number of benzene rings is 2. The molecule has 1 aliphatic rings. The van der Waals surface area contributed by atoms with Gasteiger partial charge in [0.25, 0.3) is 5.91 Å². The minimum absolute atomic E-state index is 0.0612. The zero-order valence-corrected chi connectivity index (χ0v) is 17.8. The molecule has 2 unspecified atom stereocenters. The maximum atomic E-state index is 14.4. The summed E-state index contributed by atoms with van der Waals surface area (Å²) in [5, 5.41) is 6.39. The molecule has 3 N–H and O–H groups in total. The van der Waals surface area contributed by atoms with Gasteiger partial charge < -0.3 is 15.0 Å². The van der Waals surface area contributed by atoms with Crippen molar-refractivity contribution in [1.82, 2.24) is 5.32 Å². The molecule has 2 atom stereocenters. The van der Waals surface area contributed by atoms with E-state index in [1.54, 1.807) is 24.3 Å². The largest absolute Gasteiger partial charge is 0.411 e. The maximum Gasteiger partial charge on any atom is 0.273 e. The highest BCUT2D eigenvalue weighted by molar-refractivity contribution is 6.45. The lowest BCUT2D eigenvalue weighted by atomic mass is 9.90. The number of likely N-dealkylation sites (N-methyl/N-ethyl adjacent to an activating group) is 1. The number of halogens is 2. The van der Waals surface area contributed by atoms with Gasteiger partial charge in [-0.25, -0.2) is 8.78 Å². The standard InChI is InChI=1S/C23H25F2N3O3/c1-13(18-12-23(18,2)17-10-9-14(24)11-19(17)25)21(31-26)16-8-6-5-7-15(16)20(28-30-4)22(29)27-3/h5-11,18H,12,26H2,1-4H3,(H,27,29). The molecule has 0 radical (unpaired) electrons. The van der Waals surface area contributed by atoms with E-state index in [2.05, 4.69) is 10.5 Å². The van der Waals surface area contributed by atoms with E-state index >= 15 is 0 Å². The van der Waals surface area contributed by atoms with Gasteiger partial charge in [-0.3, -0.25) is 4.79 Å². The predicted octanol–water partition coefficient (Wildman–Crippen LogP) is 3.66. The molecule has 6 nitrogen and oxygen atoms in total. The third-order valence-corrected chi connectivity index (χ3v) is 5.83. The first-order valence-electron chi connectivity index (χ1n) is 9.74. The number of nitrogens with two attached hydrogens (primary N) is 1. The number of carbonyl (C=O) groups is 1. The Morgan fingerprint density at radius 3 is 2.48 bits per heavy atom. The van der Waals surface area contributed by atoms with Crippen molar-refractivity contribution < 1.29 is 23.3 Å². The minimum Gasteiger partial charge on any atom is -0.411 e. The summed E-state index contributed by atoms with van der Waals surface area (Å²) < 4.78 is 27.8. The van der Waals surface area contributed by atoms with Gasteiger partial charge in [-0.2, -0.15) is 5.90 Å². The molecule has 0 heterocycles. The average Bonchev–Trinajstić information content (AvgIpc) is 3.44. The number of amides is 1. The van der Waals surface area contributed by atoms with Gasteiger partial charge >= 0.3 is 0 Å². The van der Waals surface area contributed by atoms with Gasteiger partial charge in [-0.15, -0.1) is 0 Å². The highest BCUT2D eigenvalue weighted by Crippen LogP contribution is 2.59. The second kappa shape index (κ2) is 8.85. The number of rotatable bonds is 7. The van der Waals surface area contributed by atoms with Gasteiger partial charge in [-0.05, 0) is 36.5 Å². The van der Waals surface area contributed by atoms with E-state index in [9.17, 15) is 13.6 Å². The van der Waals surface area contributed by atoms with Crippen molar-refractivity contribution in [3.8, 4) is 0 Å². The van der Waals surface area contributed by atoms with Crippen molar-refractivity contribution in [3.05, 3.63) is 76.4 Å². The first kappa shape index (κ1) is 22.4. The van der Waals surface area contributed by atoms with E-state index in [1.165, 1.54) is 26.3 Å². The Morgan fingerprint density at radius 2 is 1.90 bits per heavy atom. The molecule has 2 aromatic rings. The van der Waals surface area contributed by atoms with Gasteiger partial charge in [0.2, 0.25) is 0 Å². The lowest BCUT2D eigenvalue weighted by Gasteiger charge is -2.18. The van der Waals surface area contributed by atoms with Crippen LogP contribution in [0.2, 0.25) is 0 Å². The molecule has 0 bridgehead atoms. The number of allylic oxidation sites excluding steroid dienone is 1. The van der Waals surface area contributed by atoms with Gasteiger partial charge in [0, 0.05) is 29.7 Å². The van der Waals surface area contributed by atoms with Crippen molar-refractivity contribution in [2.75, 3.05) is 14.2 Å². The highest BCUT2D eigenvalue weighted by Gasteiger charge is 2.54. The summed E-state index contributed by atoms with van der Waals surface area (Å²) in [6.45, 7) is 3.77.